The number of nitrogens with one attached hydrogen (secondary N) is 2. The number of halogens is 1. The van der Waals surface area contributed by atoms with E-state index in [1.807, 2.05) is 0 Å². The normalized spacial score (nSPS) is 11.8. The van der Waals surface area contributed by atoms with Gasteiger partial charge in [0.25, 0.3) is 0 Å². The van der Waals surface area contributed by atoms with Crippen LogP contribution < -0.4 is 10.0 Å². The van der Waals surface area contributed by atoms with E-state index in [0.717, 1.165) is 10.8 Å². The van der Waals surface area contributed by atoms with Crippen LogP contribution in [0.5, 0.6) is 0 Å². The highest BCUT2D eigenvalue weighted by Crippen LogP contribution is 2.15. The van der Waals surface area contributed by atoms with Gasteiger partial charge in [0, 0.05) is 13.6 Å². The predicted molar refractivity (Wildman–Crippen MR) is 70.1 cm³/mol. The monoisotopic (exact) mass is 275 g/mol. The maximum absolute atomic E-state index is 13.3. The molecule has 0 fully saturated rings. The molecule has 0 aliphatic heterocycles. The van der Waals surface area contributed by atoms with E-state index >= 15 is 0 Å². The molecule has 18 heavy (non-hydrogen) atoms. The van der Waals surface area contributed by atoms with E-state index in [0.29, 0.717) is 13.0 Å². The molecule has 1 aromatic rings. The molecule has 0 aromatic heterocycles. The third kappa shape index (κ3) is 4.25. The summed E-state index contributed by atoms with van der Waals surface area (Å²) in [7, 11) is -0.446. The zero-order chi connectivity index (χ0) is 13.6. The number of para-hydroxylation sites is 1. The average molecular weight is 275 g/mol. The lowest BCUT2D eigenvalue weighted by Crippen LogP contribution is -2.34. The van der Waals surface area contributed by atoms with E-state index in [9.17, 15) is 12.8 Å². The minimum Gasteiger partial charge on any atom is -0.320 e. The summed E-state index contributed by atoms with van der Waals surface area (Å²) in [5.41, 5.74) is -0.0435. The molecule has 102 valence electrons. The molecular weight excluding hydrogens is 257 g/mol. The summed E-state index contributed by atoms with van der Waals surface area (Å²) in [6.45, 7) is 1.09. The molecule has 2 N–H and O–H groups in total. The first-order valence-corrected chi connectivity index (χ1v) is 7.04. The highest BCUT2D eigenvalue weighted by atomic mass is 32.2. The molecule has 0 heterocycles. The average Bonchev–Trinajstić information content (AvgIpc) is 2.32. The van der Waals surface area contributed by atoms with Gasteiger partial charge in [-0.3, -0.25) is 4.72 Å². The van der Waals surface area contributed by atoms with Crippen molar-refractivity contribution in [2.24, 2.45) is 0 Å². The smallest absolute Gasteiger partial charge is 0.301 e. The highest BCUT2D eigenvalue weighted by molar-refractivity contribution is 7.90. The Hall–Kier alpha value is -1.18. The molecule has 0 unspecified atom stereocenters. The van der Waals surface area contributed by atoms with E-state index in [1.165, 1.54) is 25.2 Å². The van der Waals surface area contributed by atoms with E-state index in [-0.39, 0.29) is 5.69 Å². The number of rotatable bonds is 7. The molecule has 0 aliphatic rings. The van der Waals surface area contributed by atoms with Gasteiger partial charge >= 0.3 is 10.2 Å². The molecule has 0 spiro atoms. The van der Waals surface area contributed by atoms with Gasteiger partial charge in [-0.05, 0) is 32.1 Å². The van der Waals surface area contributed by atoms with Crippen LogP contribution in [-0.2, 0) is 10.2 Å². The summed E-state index contributed by atoms with van der Waals surface area (Å²) in [6, 6.07) is 5.67. The third-order valence-electron chi connectivity index (χ3n) is 2.42. The molecule has 0 bridgehead atoms. The summed E-state index contributed by atoms with van der Waals surface area (Å²) in [5.74, 6) is -0.593. The molecule has 0 aliphatic carbocycles. The Bertz CT molecular complexity index is 479. The van der Waals surface area contributed by atoms with Gasteiger partial charge in [0.15, 0.2) is 0 Å². The maximum atomic E-state index is 13.3. The van der Waals surface area contributed by atoms with Gasteiger partial charge in [0.1, 0.15) is 5.82 Å². The van der Waals surface area contributed by atoms with Crippen molar-refractivity contribution in [2.45, 2.75) is 6.42 Å². The van der Waals surface area contributed by atoms with Gasteiger partial charge in [0.2, 0.25) is 0 Å². The summed E-state index contributed by atoms with van der Waals surface area (Å²) >= 11 is 0. The first kappa shape index (κ1) is 14.9. The van der Waals surface area contributed by atoms with Crippen LogP contribution in [0, 0.1) is 5.82 Å². The molecule has 5 nitrogen and oxygen atoms in total. The lowest BCUT2D eigenvalue weighted by molar-refractivity contribution is 0.462. The minimum absolute atomic E-state index is 0.0435. The van der Waals surface area contributed by atoms with Crippen molar-refractivity contribution in [3.8, 4) is 0 Å². The number of benzene rings is 1. The number of hydrogen-bond acceptors (Lipinski definition) is 3. The summed E-state index contributed by atoms with van der Waals surface area (Å²) in [4.78, 5) is 0. The van der Waals surface area contributed by atoms with Crippen LogP contribution in [-0.4, -0.2) is 39.9 Å². The standard InChI is InChI=1S/C11H18FN3O2S/c1-13-8-5-9-15(2)18(16,17)14-11-7-4-3-6-10(11)12/h3-4,6-7,13-14H,5,8-9H2,1-2H3. The third-order valence-corrected chi connectivity index (χ3v) is 3.90. The van der Waals surface area contributed by atoms with E-state index in [1.54, 1.807) is 13.1 Å². The van der Waals surface area contributed by atoms with Gasteiger partial charge < -0.3 is 5.32 Å². The number of hydrogen-bond donors (Lipinski definition) is 2. The molecule has 1 rings (SSSR count). The Kier molecular flexibility index (Phi) is 5.52. The van der Waals surface area contributed by atoms with Gasteiger partial charge in [-0.2, -0.15) is 12.7 Å². The SMILES string of the molecule is CNCCCN(C)S(=O)(=O)Nc1ccccc1F. The van der Waals surface area contributed by atoms with Crippen molar-refractivity contribution in [3.05, 3.63) is 30.1 Å². The van der Waals surface area contributed by atoms with Crippen molar-refractivity contribution in [1.29, 1.82) is 0 Å². The van der Waals surface area contributed by atoms with Gasteiger partial charge in [0.05, 0.1) is 5.69 Å². The Morgan fingerprint density at radius 3 is 2.61 bits per heavy atom. The fourth-order valence-electron chi connectivity index (χ4n) is 1.36. The lowest BCUT2D eigenvalue weighted by atomic mass is 10.3. The topological polar surface area (TPSA) is 61.4 Å². The number of anilines is 1. The lowest BCUT2D eigenvalue weighted by Gasteiger charge is -2.18. The van der Waals surface area contributed by atoms with Crippen LogP contribution in [0.1, 0.15) is 6.42 Å². The van der Waals surface area contributed by atoms with E-state index in [4.69, 9.17) is 0 Å². The van der Waals surface area contributed by atoms with Crippen LogP contribution in [0.3, 0.4) is 0 Å². The molecule has 0 saturated carbocycles. The van der Waals surface area contributed by atoms with E-state index in [2.05, 4.69) is 10.0 Å². The largest absolute Gasteiger partial charge is 0.320 e. The summed E-state index contributed by atoms with van der Waals surface area (Å²) < 4.78 is 40.5. The zero-order valence-electron chi connectivity index (χ0n) is 10.5. The molecule has 0 amide bonds. The van der Waals surface area contributed by atoms with Gasteiger partial charge in [-0.15, -0.1) is 0 Å². The molecule has 0 atom stereocenters. The van der Waals surface area contributed by atoms with Crippen LogP contribution >= 0.6 is 0 Å². The second kappa shape index (κ2) is 6.67. The maximum Gasteiger partial charge on any atom is 0.301 e. The Balaban J connectivity index is 2.67. The van der Waals surface area contributed by atoms with Crippen LogP contribution in [0.15, 0.2) is 24.3 Å². The molecule has 0 saturated heterocycles. The Morgan fingerprint density at radius 1 is 1.33 bits per heavy atom. The second-order valence-corrected chi connectivity index (χ2v) is 5.64. The van der Waals surface area contributed by atoms with Crippen molar-refractivity contribution < 1.29 is 12.8 Å². The fourth-order valence-corrected chi connectivity index (χ4v) is 2.33. The number of nitrogens with zero attached hydrogens (tertiary/aromatic N) is 1. The summed E-state index contributed by atoms with van der Waals surface area (Å²) in [5, 5.41) is 2.93. The Morgan fingerprint density at radius 2 is 2.00 bits per heavy atom. The fraction of sp³-hybridized carbons (Fsp3) is 0.455. The first-order chi connectivity index (χ1) is 8.47. The van der Waals surface area contributed by atoms with Crippen molar-refractivity contribution in [1.82, 2.24) is 9.62 Å². The minimum atomic E-state index is -3.70. The van der Waals surface area contributed by atoms with Crippen LogP contribution in [0.4, 0.5) is 10.1 Å². The predicted octanol–water partition coefficient (Wildman–Crippen LogP) is 1.02. The molecule has 1 aromatic carbocycles. The quantitative estimate of drug-likeness (QED) is 0.731. The highest BCUT2D eigenvalue weighted by Gasteiger charge is 2.18. The Labute approximate surface area is 107 Å². The van der Waals surface area contributed by atoms with Crippen molar-refractivity contribution in [2.75, 3.05) is 31.9 Å². The molecular formula is C11H18FN3O2S. The van der Waals surface area contributed by atoms with Crippen LogP contribution in [0.2, 0.25) is 0 Å². The summed E-state index contributed by atoms with van der Waals surface area (Å²) in [6.07, 6.45) is 0.686. The van der Waals surface area contributed by atoms with E-state index < -0.39 is 16.0 Å². The zero-order valence-corrected chi connectivity index (χ0v) is 11.3. The van der Waals surface area contributed by atoms with Gasteiger partial charge in [-0.25, -0.2) is 4.39 Å². The molecule has 7 heteroatoms. The molecule has 0 radical (unpaired) electrons. The van der Waals surface area contributed by atoms with Gasteiger partial charge in [-0.1, -0.05) is 12.1 Å². The van der Waals surface area contributed by atoms with Crippen molar-refractivity contribution >= 4 is 15.9 Å². The van der Waals surface area contributed by atoms with Crippen molar-refractivity contribution in [3.63, 3.8) is 0 Å². The van der Waals surface area contributed by atoms with Crippen LogP contribution in [0.25, 0.3) is 0 Å². The first-order valence-electron chi connectivity index (χ1n) is 5.60. The second-order valence-electron chi connectivity index (χ2n) is 3.87.